The van der Waals surface area contributed by atoms with Crippen molar-refractivity contribution in [3.8, 4) is 0 Å². The van der Waals surface area contributed by atoms with Gasteiger partial charge in [0, 0.05) is 29.1 Å². The maximum absolute atomic E-state index is 12.4. The summed E-state index contributed by atoms with van der Waals surface area (Å²) in [6, 6.07) is 3.99. The monoisotopic (exact) mass is 330 g/mol. The lowest BCUT2D eigenvalue weighted by atomic mass is 9.91. The van der Waals surface area contributed by atoms with E-state index in [-0.39, 0.29) is 5.91 Å². The Morgan fingerprint density at radius 3 is 2.78 bits per heavy atom. The lowest BCUT2D eigenvalue weighted by molar-refractivity contribution is 0.0574. The number of pyridine rings is 1. The van der Waals surface area contributed by atoms with Gasteiger partial charge in [-0.15, -0.1) is 11.6 Å². The van der Waals surface area contributed by atoms with E-state index in [2.05, 4.69) is 20.9 Å². The lowest BCUT2D eigenvalue weighted by Gasteiger charge is -2.37. The average molecular weight is 332 g/mol. The van der Waals surface area contributed by atoms with Gasteiger partial charge in [0.05, 0.1) is 0 Å². The fraction of sp³-hybridized carbons (Fsp3) is 0.538. The normalized spacial score (nSPS) is 15.2. The van der Waals surface area contributed by atoms with Gasteiger partial charge in [0.25, 0.3) is 5.91 Å². The molecule has 1 aliphatic carbocycles. The Hall–Kier alpha value is -0.610. The molecule has 18 heavy (non-hydrogen) atoms. The Bertz CT molecular complexity index is 406. The van der Waals surface area contributed by atoms with Crippen LogP contribution >= 0.6 is 27.5 Å². The highest BCUT2D eigenvalue weighted by Crippen LogP contribution is 2.26. The van der Waals surface area contributed by atoms with E-state index in [0.717, 1.165) is 30.3 Å². The van der Waals surface area contributed by atoms with Gasteiger partial charge in [0.1, 0.15) is 5.69 Å². The molecule has 1 saturated carbocycles. The molecule has 0 radical (unpaired) electrons. The highest BCUT2D eigenvalue weighted by molar-refractivity contribution is 9.10. The molecule has 0 aliphatic heterocycles. The van der Waals surface area contributed by atoms with Crippen molar-refractivity contribution < 1.29 is 4.79 Å². The van der Waals surface area contributed by atoms with Crippen LogP contribution in [0, 0.1) is 0 Å². The molecule has 98 valence electrons. The Morgan fingerprint density at radius 2 is 2.28 bits per heavy atom. The first-order valence-electron chi connectivity index (χ1n) is 6.21. The summed E-state index contributed by atoms with van der Waals surface area (Å²) in [6.07, 6.45) is 5.91. The predicted molar refractivity (Wildman–Crippen MR) is 75.9 cm³/mol. The van der Waals surface area contributed by atoms with Gasteiger partial charge in [-0.25, -0.2) is 4.98 Å². The summed E-state index contributed by atoms with van der Waals surface area (Å²) < 4.78 is 0.884. The van der Waals surface area contributed by atoms with E-state index in [0.29, 0.717) is 17.6 Å². The minimum Gasteiger partial charge on any atom is -0.334 e. The molecule has 0 bridgehead atoms. The Balaban J connectivity index is 2.08. The first-order chi connectivity index (χ1) is 8.72. The quantitative estimate of drug-likeness (QED) is 0.774. The molecule has 1 aromatic heterocycles. The van der Waals surface area contributed by atoms with E-state index in [1.165, 1.54) is 6.42 Å². The maximum Gasteiger partial charge on any atom is 0.272 e. The van der Waals surface area contributed by atoms with Crippen LogP contribution in [-0.4, -0.2) is 34.3 Å². The summed E-state index contributed by atoms with van der Waals surface area (Å²) in [7, 11) is 0. The van der Waals surface area contributed by atoms with Crippen molar-refractivity contribution in [2.24, 2.45) is 0 Å². The Kier molecular flexibility index (Phi) is 5.01. The van der Waals surface area contributed by atoms with Crippen molar-refractivity contribution in [2.75, 3.05) is 12.4 Å². The molecule has 2 rings (SSSR count). The second-order valence-corrected chi connectivity index (χ2v) is 5.78. The van der Waals surface area contributed by atoms with E-state index >= 15 is 0 Å². The van der Waals surface area contributed by atoms with Crippen LogP contribution in [0.5, 0.6) is 0 Å². The molecule has 1 fully saturated rings. The first-order valence-corrected chi connectivity index (χ1v) is 7.53. The molecule has 0 atom stereocenters. The number of rotatable bonds is 5. The van der Waals surface area contributed by atoms with Crippen molar-refractivity contribution >= 4 is 33.4 Å². The van der Waals surface area contributed by atoms with E-state index in [4.69, 9.17) is 11.6 Å². The molecular formula is C13H16BrClN2O. The molecule has 0 N–H and O–H groups in total. The molecular weight excluding hydrogens is 316 g/mol. The molecule has 0 spiro atoms. The van der Waals surface area contributed by atoms with Crippen LogP contribution in [-0.2, 0) is 0 Å². The molecule has 0 unspecified atom stereocenters. The average Bonchev–Trinajstić information content (AvgIpc) is 2.32. The zero-order valence-electron chi connectivity index (χ0n) is 10.1. The van der Waals surface area contributed by atoms with Crippen LogP contribution < -0.4 is 0 Å². The second kappa shape index (κ2) is 6.53. The number of nitrogens with zero attached hydrogens (tertiary/aromatic N) is 2. The molecule has 0 aromatic carbocycles. The number of carbonyl (C=O) groups is 1. The topological polar surface area (TPSA) is 33.2 Å². The highest BCUT2D eigenvalue weighted by atomic mass is 79.9. The minimum atomic E-state index is 0.0253. The van der Waals surface area contributed by atoms with Crippen LogP contribution in [0.3, 0.4) is 0 Å². The highest BCUT2D eigenvalue weighted by Gasteiger charge is 2.29. The van der Waals surface area contributed by atoms with E-state index in [9.17, 15) is 4.79 Å². The van der Waals surface area contributed by atoms with E-state index in [1.54, 1.807) is 12.3 Å². The molecule has 1 aromatic rings. The Labute approximate surface area is 121 Å². The van der Waals surface area contributed by atoms with Gasteiger partial charge in [0.15, 0.2) is 0 Å². The fourth-order valence-electron chi connectivity index (χ4n) is 2.03. The number of halogens is 2. The van der Waals surface area contributed by atoms with Gasteiger partial charge in [-0.2, -0.15) is 0 Å². The standard InChI is InChI=1S/C13H16BrClN2O/c14-10-5-6-12(16-9-10)13(18)17(8-2-7-15)11-3-1-4-11/h5-6,9,11H,1-4,7-8H2. The van der Waals surface area contributed by atoms with Crippen molar-refractivity contribution in [3.63, 3.8) is 0 Å². The molecule has 3 nitrogen and oxygen atoms in total. The molecule has 1 heterocycles. The summed E-state index contributed by atoms with van der Waals surface area (Å²) in [5.74, 6) is 0.613. The van der Waals surface area contributed by atoms with Gasteiger partial charge in [-0.1, -0.05) is 0 Å². The zero-order chi connectivity index (χ0) is 13.0. The van der Waals surface area contributed by atoms with Gasteiger partial charge in [-0.05, 0) is 53.7 Å². The van der Waals surface area contributed by atoms with Crippen LogP contribution in [0.25, 0.3) is 0 Å². The number of aromatic nitrogens is 1. The van der Waals surface area contributed by atoms with Crippen LogP contribution in [0.15, 0.2) is 22.8 Å². The van der Waals surface area contributed by atoms with Crippen molar-refractivity contribution in [1.82, 2.24) is 9.88 Å². The largest absolute Gasteiger partial charge is 0.334 e. The lowest BCUT2D eigenvalue weighted by Crippen LogP contribution is -2.45. The van der Waals surface area contributed by atoms with E-state index < -0.39 is 0 Å². The summed E-state index contributed by atoms with van der Waals surface area (Å²) >= 11 is 9.05. The van der Waals surface area contributed by atoms with Gasteiger partial charge in [-0.3, -0.25) is 4.79 Å². The third-order valence-corrected chi connectivity index (χ3v) is 3.99. The third kappa shape index (κ3) is 3.23. The summed E-state index contributed by atoms with van der Waals surface area (Å²) in [4.78, 5) is 18.5. The predicted octanol–water partition coefficient (Wildman–Crippen LogP) is 3.47. The zero-order valence-corrected chi connectivity index (χ0v) is 12.5. The first kappa shape index (κ1) is 13.8. The number of amides is 1. The molecule has 1 amide bonds. The van der Waals surface area contributed by atoms with Gasteiger partial charge in [0.2, 0.25) is 0 Å². The van der Waals surface area contributed by atoms with Gasteiger partial charge >= 0.3 is 0 Å². The number of alkyl halides is 1. The Morgan fingerprint density at radius 1 is 1.50 bits per heavy atom. The summed E-state index contributed by atoms with van der Waals surface area (Å²) in [5, 5.41) is 0. The van der Waals surface area contributed by atoms with Crippen LogP contribution in [0.1, 0.15) is 36.2 Å². The summed E-state index contributed by atoms with van der Waals surface area (Å²) in [5.41, 5.74) is 0.514. The third-order valence-electron chi connectivity index (χ3n) is 3.26. The molecule has 1 aliphatic rings. The fourth-order valence-corrected chi connectivity index (χ4v) is 2.38. The minimum absolute atomic E-state index is 0.0253. The SMILES string of the molecule is O=C(c1ccc(Br)cn1)N(CCCCl)C1CCC1. The summed E-state index contributed by atoms with van der Waals surface area (Å²) in [6.45, 7) is 0.727. The van der Waals surface area contributed by atoms with Crippen LogP contribution in [0.4, 0.5) is 0 Å². The maximum atomic E-state index is 12.4. The van der Waals surface area contributed by atoms with Gasteiger partial charge < -0.3 is 4.90 Å². The van der Waals surface area contributed by atoms with Crippen molar-refractivity contribution in [2.45, 2.75) is 31.7 Å². The number of hydrogen-bond donors (Lipinski definition) is 0. The van der Waals surface area contributed by atoms with Crippen molar-refractivity contribution in [3.05, 3.63) is 28.5 Å². The van der Waals surface area contributed by atoms with Crippen molar-refractivity contribution in [1.29, 1.82) is 0 Å². The second-order valence-electron chi connectivity index (χ2n) is 4.49. The molecule has 0 saturated heterocycles. The molecule has 5 heteroatoms. The smallest absolute Gasteiger partial charge is 0.272 e. The number of hydrogen-bond acceptors (Lipinski definition) is 2. The number of carbonyl (C=O) groups excluding carboxylic acids is 1. The van der Waals surface area contributed by atoms with E-state index in [1.807, 2.05) is 11.0 Å². The van der Waals surface area contributed by atoms with Crippen LogP contribution in [0.2, 0.25) is 0 Å².